The van der Waals surface area contributed by atoms with E-state index in [1.165, 1.54) is 10.6 Å². The first kappa shape index (κ1) is 8.16. The van der Waals surface area contributed by atoms with Crippen molar-refractivity contribution >= 4 is 5.65 Å². The fraction of sp³-hybridized carbons (Fsp3) is 0.333. The van der Waals surface area contributed by atoms with Crippen LogP contribution >= 0.6 is 0 Å². The number of aryl methyl sites for hydroxylation is 2. The van der Waals surface area contributed by atoms with Crippen LogP contribution in [-0.2, 0) is 6.42 Å². The van der Waals surface area contributed by atoms with E-state index in [9.17, 15) is 4.39 Å². The van der Waals surface area contributed by atoms with Gasteiger partial charge in [-0.2, -0.15) is 5.10 Å². The van der Waals surface area contributed by atoms with E-state index in [-0.39, 0.29) is 5.82 Å². The average molecular weight is 179 g/mol. The minimum Gasteiger partial charge on any atom is -0.218 e. The SMILES string of the molecule is CCc1nc2c(F)cc(C)cn2n1. The van der Waals surface area contributed by atoms with Gasteiger partial charge in [0, 0.05) is 12.6 Å². The smallest absolute Gasteiger partial charge is 0.191 e. The minimum absolute atomic E-state index is 0.308. The third-order valence-corrected chi connectivity index (χ3v) is 1.89. The molecule has 13 heavy (non-hydrogen) atoms. The summed E-state index contributed by atoms with van der Waals surface area (Å²) in [5, 5.41) is 4.12. The van der Waals surface area contributed by atoms with Crippen LogP contribution in [0.25, 0.3) is 5.65 Å². The van der Waals surface area contributed by atoms with E-state index in [0.717, 1.165) is 12.0 Å². The Morgan fingerprint density at radius 3 is 3.00 bits per heavy atom. The van der Waals surface area contributed by atoms with E-state index in [0.29, 0.717) is 11.5 Å². The molecule has 0 saturated carbocycles. The second-order valence-electron chi connectivity index (χ2n) is 3.02. The molecule has 0 amide bonds. The maximum Gasteiger partial charge on any atom is 0.191 e. The van der Waals surface area contributed by atoms with E-state index in [4.69, 9.17) is 0 Å². The molecular formula is C9H10FN3. The molecule has 0 radical (unpaired) electrons. The summed E-state index contributed by atoms with van der Waals surface area (Å²) >= 11 is 0. The van der Waals surface area contributed by atoms with Gasteiger partial charge < -0.3 is 0 Å². The normalized spacial score (nSPS) is 11.0. The van der Waals surface area contributed by atoms with Gasteiger partial charge in [0.25, 0.3) is 0 Å². The van der Waals surface area contributed by atoms with Gasteiger partial charge in [-0.05, 0) is 18.6 Å². The molecule has 0 N–H and O–H groups in total. The van der Waals surface area contributed by atoms with E-state index >= 15 is 0 Å². The summed E-state index contributed by atoms with van der Waals surface area (Å²) in [7, 11) is 0. The Hall–Kier alpha value is -1.45. The van der Waals surface area contributed by atoms with Crippen molar-refractivity contribution in [3.8, 4) is 0 Å². The van der Waals surface area contributed by atoms with Crippen molar-refractivity contribution in [3.05, 3.63) is 29.5 Å². The molecule has 0 saturated heterocycles. The Morgan fingerprint density at radius 1 is 1.54 bits per heavy atom. The van der Waals surface area contributed by atoms with Gasteiger partial charge in [0.1, 0.15) is 0 Å². The molecule has 0 fully saturated rings. The molecule has 4 heteroatoms. The van der Waals surface area contributed by atoms with Crippen LogP contribution in [0.3, 0.4) is 0 Å². The summed E-state index contributed by atoms with van der Waals surface area (Å²) < 4.78 is 14.8. The summed E-state index contributed by atoms with van der Waals surface area (Å²) in [5.74, 6) is 0.358. The summed E-state index contributed by atoms with van der Waals surface area (Å²) in [4.78, 5) is 4.05. The van der Waals surface area contributed by atoms with Crippen LogP contribution in [0.4, 0.5) is 4.39 Å². The second kappa shape index (κ2) is 2.80. The van der Waals surface area contributed by atoms with Gasteiger partial charge in [-0.25, -0.2) is 13.9 Å². The highest BCUT2D eigenvalue weighted by molar-refractivity contribution is 5.40. The lowest BCUT2D eigenvalue weighted by atomic mass is 10.3. The van der Waals surface area contributed by atoms with Gasteiger partial charge >= 0.3 is 0 Å². The molecular weight excluding hydrogens is 169 g/mol. The molecule has 0 aromatic carbocycles. The van der Waals surface area contributed by atoms with Gasteiger partial charge in [-0.15, -0.1) is 0 Å². The monoisotopic (exact) mass is 179 g/mol. The van der Waals surface area contributed by atoms with Gasteiger partial charge in [0.2, 0.25) is 0 Å². The number of pyridine rings is 1. The van der Waals surface area contributed by atoms with Crippen molar-refractivity contribution in [2.24, 2.45) is 0 Å². The third-order valence-electron chi connectivity index (χ3n) is 1.89. The number of fused-ring (bicyclic) bond motifs is 1. The summed E-state index contributed by atoms with van der Waals surface area (Å²) in [6.07, 6.45) is 2.49. The maximum absolute atomic E-state index is 13.3. The fourth-order valence-corrected chi connectivity index (χ4v) is 1.26. The highest BCUT2D eigenvalue weighted by atomic mass is 19.1. The van der Waals surface area contributed by atoms with Crippen molar-refractivity contribution in [1.82, 2.24) is 14.6 Å². The largest absolute Gasteiger partial charge is 0.218 e. The van der Waals surface area contributed by atoms with Crippen molar-refractivity contribution in [3.63, 3.8) is 0 Å². The lowest BCUT2D eigenvalue weighted by molar-refractivity contribution is 0.626. The molecule has 68 valence electrons. The lowest BCUT2D eigenvalue weighted by Crippen LogP contribution is -1.92. The van der Waals surface area contributed by atoms with Crippen molar-refractivity contribution in [2.45, 2.75) is 20.3 Å². The van der Waals surface area contributed by atoms with E-state index < -0.39 is 0 Å². The quantitative estimate of drug-likeness (QED) is 0.667. The number of hydrogen-bond donors (Lipinski definition) is 0. The van der Waals surface area contributed by atoms with Crippen molar-refractivity contribution in [2.75, 3.05) is 0 Å². The van der Waals surface area contributed by atoms with Gasteiger partial charge in [-0.3, -0.25) is 0 Å². The topological polar surface area (TPSA) is 30.2 Å². The lowest BCUT2D eigenvalue weighted by Gasteiger charge is -1.94. The van der Waals surface area contributed by atoms with Crippen molar-refractivity contribution < 1.29 is 4.39 Å². The second-order valence-corrected chi connectivity index (χ2v) is 3.02. The predicted octanol–water partition coefficient (Wildman–Crippen LogP) is 1.74. The Bertz CT molecular complexity index is 447. The van der Waals surface area contributed by atoms with Crippen LogP contribution in [0.1, 0.15) is 18.3 Å². The Balaban J connectivity index is 2.75. The maximum atomic E-state index is 13.3. The number of aromatic nitrogens is 3. The molecule has 0 atom stereocenters. The highest BCUT2D eigenvalue weighted by Crippen LogP contribution is 2.09. The predicted molar refractivity (Wildman–Crippen MR) is 47.1 cm³/mol. The summed E-state index contributed by atoms with van der Waals surface area (Å²) in [6, 6.07) is 1.46. The average Bonchev–Trinajstić information content (AvgIpc) is 2.47. The molecule has 0 aliphatic heterocycles. The van der Waals surface area contributed by atoms with Crippen LogP contribution in [0.2, 0.25) is 0 Å². The number of nitrogens with zero attached hydrogens (tertiary/aromatic N) is 3. The number of hydrogen-bond acceptors (Lipinski definition) is 2. The Kier molecular flexibility index (Phi) is 1.76. The van der Waals surface area contributed by atoms with Crippen LogP contribution in [0.15, 0.2) is 12.3 Å². The molecule has 0 unspecified atom stereocenters. The zero-order valence-electron chi connectivity index (χ0n) is 7.58. The fourth-order valence-electron chi connectivity index (χ4n) is 1.26. The number of rotatable bonds is 1. The van der Waals surface area contributed by atoms with Crippen molar-refractivity contribution in [1.29, 1.82) is 0 Å². The first-order chi connectivity index (χ1) is 6.20. The number of halogens is 1. The first-order valence-electron chi connectivity index (χ1n) is 4.22. The molecule has 2 rings (SSSR count). The highest BCUT2D eigenvalue weighted by Gasteiger charge is 2.06. The van der Waals surface area contributed by atoms with Crippen LogP contribution in [-0.4, -0.2) is 14.6 Å². The van der Waals surface area contributed by atoms with Crippen LogP contribution in [0, 0.1) is 12.7 Å². The Morgan fingerprint density at radius 2 is 2.31 bits per heavy atom. The zero-order chi connectivity index (χ0) is 9.42. The minimum atomic E-state index is -0.313. The first-order valence-corrected chi connectivity index (χ1v) is 4.22. The Labute approximate surface area is 75.2 Å². The third kappa shape index (κ3) is 1.28. The molecule has 2 heterocycles. The summed E-state index contributed by atoms with van der Waals surface area (Å²) in [6.45, 7) is 3.77. The van der Waals surface area contributed by atoms with E-state index in [1.54, 1.807) is 6.20 Å². The van der Waals surface area contributed by atoms with Gasteiger partial charge in [0.15, 0.2) is 17.3 Å². The molecule has 0 aliphatic rings. The van der Waals surface area contributed by atoms with E-state index in [2.05, 4.69) is 10.1 Å². The molecule has 3 nitrogen and oxygen atoms in total. The zero-order valence-corrected chi connectivity index (χ0v) is 7.58. The van der Waals surface area contributed by atoms with E-state index in [1.807, 2.05) is 13.8 Å². The van der Waals surface area contributed by atoms with Gasteiger partial charge in [-0.1, -0.05) is 6.92 Å². The molecule has 2 aromatic heterocycles. The standard InChI is InChI=1S/C9H10FN3/c1-3-8-11-9-7(10)4-6(2)5-13(9)12-8/h4-5H,3H2,1-2H3. The molecule has 2 aromatic rings. The molecule has 0 bridgehead atoms. The van der Waals surface area contributed by atoms with Crippen LogP contribution < -0.4 is 0 Å². The van der Waals surface area contributed by atoms with Gasteiger partial charge in [0.05, 0.1) is 0 Å². The molecule has 0 aliphatic carbocycles. The summed E-state index contributed by atoms with van der Waals surface area (Å²) in [5.41, 5.74) is 1.15. The molecule has 0 spiro atoms. The van der Waals surface area contributed by atoms with Crippen LogP contribution in [0.5, 0.6) is 0 Å².